The van der Waals surface area contributed by atoms with Gasteiger partial charge in [-0.2, -0.15) is 0 Å². The molecular weight excluding hydrogens is 340 g/mol. The molecule has 0 saturated heterocycles. The lowest BCUT2D eigenvalue weighted by Gasteiger charge is -2.29. The SMILES string of the molecule is Cc1cc(C)nc(OC2CCC(NC(=O)c3ccc(N(C)C)cc3)CC2)n1. The van der Waals surface area contributed by atoms with E-state index < -0.39 is 0 Å². The number of benzene rings is 1. The molecule has 1 N–H and O–H groups in total. The number of carbonyl (C=O) groups is 1. The van der Waals surface area contributed by atoms with Crippen LogP contribution in [-0.4, -0.2) is 42.1 Å². The number of anilines is 1. The standard InChI is InChI=1S/C21H28N4O2/c1-14-13-15(2)23-21(22-14)27-19-11-7-17(8-12-19)24-20(26)16-5-9-18(10-6-16)25(3)4/h5-6,9-10,13,17,19H,7-8,11-12H2,1-4H3,(H,24,26). The Morgan fingerprint density at radius 1 is 1.04 bits per heavy atom. The van der Waals surface area contributed by atoms with Crippen molar-refractivity contribution in [1.82, 2.24) is 15.3 Å². The van der Waals surface area contributed by atoms with Crippen LogP contribution in [0.25, 0.3) is 0 Å². The van der Waals surface area contributed by atoms with Crippen molar-refractivity contribution in [2.24, 2.45) is 0 Å². The zero-order valence-corrected chi connectivity index (χ0v) is 16.5. The first-order chi connectivity index (χ1) is 12.9. The number of rotatable bonds is 5. The highest BCUT2D eigenvalue weighted by Crippen LogP contribution is 2.23. The van der Waals surface area contributed by atoms with Crippen LogP contribution in [0.15, 0.2) is 30.3 Å². The molecule has 1 saturated carbocycles. The molecule has 1 aliphatic carbocycles. The summed E-state index contributed by atoms with van der Waals surface area (Å²) in [4.78, 5) is 23.2. The zero-order valence-electron chi connectivity index (χ0n) is 16.5. The van der Waals surface area contributed by atoms with E-state index in [-0.39, 0.29) is 18.1 Å². The maximum Gasteiger partial charge on any atom is 0.317 e. The van der Waals surface area contributed by atoms with Crippen LogP contribution in [0.3, 0.4) is 0 Å². The Morgan fingerprint density at radius 2 is 1.63 bits per heavy atom. The summed E-state index contributed by atoms with van der Waals surface area (Å²) < 4.78 is 5.95. The maximum atomic E-state index is 12.5. The van der Waals surface area contributed by atoms with Crippen molar-refractivity contribution in [3.63, 3.8) is 0 Å². The number of ether oxygens (including phenoxy) is 1. The molecule has 144 valence electrons. The summed E-state index contributed by atoms with van der Waals surface area (Å²) in [5.41, 5.74) is 3.61. The van der Waals surface area contributed by atoms with Crippen LogP contribution < -0.4 is 15.0 Å². The van der Waals surface area contributed by atoms with Crippen LogP contribution in [0, 0.1) is 13.8 Å². The molecule has 0 atom stereocenters. The molecule has 1 amide bonds. The molecule has 1 aromatic heterocycles. The van der Waals surface area contributed by atoms with Gasteiger partial charge in [-0.15, -0.1) is 0 Å². The van der Waals surface area contributed by atoms with E-state index in [9.17, 15) is 4.79 Å². The third-order valence-corrected chi connectivity index (χ3v) is 4.89. The molecule has 0 spiro atoms. The topological polar surface area (TPSA) is 67.3 Å². The van der Waals surface area contributed by atoms with Gasteiger partial charge in [0.1, 0.15) is 6.10 Å². The van der Waals surface area contributed by atoms with Gasteiger partial charge in [0.2, 0.25) is 0 Å². The second-order valence-electron chi connectivity index (χ2n) is 7.44. The van der Waals surface area contributed by atoms with Gasteiger partial charge in [0, 0.05) is 42.8 Å². The molecule has 27 heavy (non-hydrogen) atoms. The van der Waals surface area contributed by atoms with Crippen LogP contribution in [0.4, 0.5) is 5.69 Å². The molecule has 2 aromatic rings. The van der Waals surface area contributed by atoms with E-state index in [1.54, 1.807) is 0 Å². The van der Waals surface area contributed by atoms with Gasteiger partial charge in [-0.25, -0.2) is 9.97 Å². The third kappa shape index (κ3) is 5.18. The zero-order chi connectivity index (χ0) is 19.4. The Bertz CT molecular complexity index is 761. The summed E-state index contributed by atoms with van der Waals surface area (Å²) in [6.07, 6.45) is 3.69. The number of nitrogens with zero attached hydrogens (tertiary/aromatic N) is 3. The molecule has 1 heterocycles. The minimum absolute atomic E-state index is 0.0117. The van der Waals surface area contributed by atoms with Gasteiger partial charge in [-0.1, -0.05) is 0 Å². The number of amides is 1. The van der Waals surface area contributed by atoms with Crippen molar-refractivity contribution < 1.29 is 9.53 Å². The fourth-order valence-electron chi connectivity index (χ4n) is 3.40. The highest BCUT2D eigenvalue weighted by molar-refractivity contribution is 5.94. The van der Waals surface area contributed by atoms with E-state index in [1.807, 2.05) is 63.2 Å². The number of carbonyl (C=O) groups excluding carboxylic acids is 1. The van der Waals surface area contributed by atoms with E-state index in [0.29, 0.717) is 11.6 Å². The smallest absolute Gasteiger partial charge is 0.317 e. The Kier molecular flexibility index (Phi) is 5.94. The Balaban J connectivity index is 1.49. The number of nitrogens with one attached hydrogen (secondary N) is 1. The van der Waals surface area contributed by atoms with Crippen molar-refractivity contribution in [2.45, 2.75) is 51.7 Å². The van der Waals surface area contributed by atoms with Crippen LogP contribution in [0.5, 0.6) is 6.01 Å². The first kappa shape index (κ1) is 19.1. The largest absolute Gasteiger partial charge is 0.460 e. The quantitative estimate of drug-likeness (QED) is 0.877. The number of hydrogen-bond donors (Lipinski definition) is 1. The summed E-state index contributed by atoms with van der Waals surface area (Å²) in [6, 6.07) is 10.2. The number of aryl methyl sites for hydroxylation is 2. The summed E-state index contributed by atoms with van der Waals surface area (Å²) in [5.74, 6) is -0.0117. The molecule has 6 nitrogen and oxygen atoms in total. The Morgan fingerprint density at radius 3 is 2.19 bits per heavy atom. The van der Waals surface area contributed by atoms with Crippen LogP contribution >= 0.6 is 0 Å². The lowest BCUT2D eigenvalue weighted by molar-refractivity contribution is 0.0884. The molecule has 6 heteroatoms. The summed E-state index contributed by atoms with van der Waals surface area (Å²) in [6.45, 7) is 3.89. The van der Waals surface area contributed by atoms with Crippen molar-refractivity contribution >= 4 is 11.6 Å². The molecule has 0 unspecified atom stereocenters. The van der Waals surface area contributed by atoms with Crippen molar-refractivity contribution in [1.29, 1.82) is 0 Å². The van der Waals surface area contributed by atoms with E-state index in [4.69, 9.17) is 4.74 Å². The predicted octanol–water partition coefficient (Wildman–Crippen LogP) is 3.28. The minimum atomic E-state index is -0.0117. The van der Waals surface area contributed by atoms with Crippen molar-refractivity contribution in [3.8, 4) is 6.01 Å². The third-order valence-electron chi connectivity index (χ3n) is 4.89. The van der Waals surface area contributed by atoms with E-state index >= 15 is 0 Å². The monoisotopic (exact) mass is 368 g/mol. The van der Waals surface area contributed by atoms with E-state index in [2.05, 4.69) is 15.3 Å². The lowest BCUT2D eigenvalue weighted by atomic mass is 9.92. The first-order valence-electron chi connectivity index (χ1n) is 9.48. The van der Waals surface area contributed by atoms with Crippen molar-refractivity contribution in [2.75, 3.05) is 19.0 Å². The van der Waals surface area contributed by atoms with Gasteiger partial charge in [0.15, 0.2) is 0 Å². The molecule has 0 radical (unpaired) electrons. The number of hydrogen-bond acceptors (Lipinski definition) is 5. The highest BCUT2D eigenvalue weighted by atomic mass is 16.5. The molecule has 3 rings (SSSR count). The fourth-order valence-corrected chi connectivity index (χ4v) is 3.40. The van der Waals surface area contributed by atoms with Crippen LogP contribution in [0.1, 0.15) is 47.4 Å². The molecular formula is C21H28N4O2. The first-order valence-corrected chi connectivity index (χ1v) is 9.48. The summed E-state index contributed by atoms with van der Waals surface area (Å²) >= 11 is 0. The van der Waals surface area contributed by atoms with Gasteiger partial charge in [0.05, 0.1) is 0 Å². The second kappa shape index (κ2) is 8.37. The van der Waals surface area contributed by atoms with Crippen LogP contribution in [0.2, 0.25) is 0 Å². The second-order valence-corrected chi connectivity index (χ2v) is 7.44. The molecule has 1 fully saturated rings. The van der Waals surface area contributed by atoms with Gasteiger partial charge >= 0.3 is 6.01 Å². The highest BCUT2D eigenvalue weighted by Gasteiger charge is 2.24. The Hall–Kier alpha value is -2.63. The van der Waals surface area contributed by atoms with Gasteiger partial charge < -0.3 is 15.0 Å². The maximum absolute atomic E-state index is 12.5. The average molecular weight is 368 g/mol. The van der Waals surface area contributed by atoms with E-state index in [0.717, 1.165) is 42.8 Å². The molecule has 0 bridgehead atoms. The van der Waals surface area contributed by atoms with Crippen molar-refractivity contribution in [3.05, 3.63) is 47.3 Å². The minimum Gasteiger partial charge on any atom is -0.460 e. The van der Waals surface area contributed by atoms with Crippen LogP contribution in [-0.2, 0) is 0 Å². The summed E-state index contributed by atoms with van der Waals surface area (Å²) in [7, 11) is 3.97. The molecule has 1 aromatic carbocycles. The normalized spacial score (nSPS) is 19.4. The summed E-state index contributed by atoms with van der Waals surface area (Å²) in [5, 5.41) is 3.15. The van der Waals surface area contributed by atoms with E-state index in [1.165, 1.54) is 0 Å². The predicted molar refractivity (Wildman–Crippen MR) is 106 cm³/mol. The van der Waals surface area contributed by atoms with Gasteiger partial charge in [-0.3, -0.25) is 4.79 Å². The molecule has 0 aliphatic heterocycles. The number of aromatic nitrogens is 2. The lowest BCUT2D eigenvalue weighted by Crippen LogP contribution is -2.39. The Labute approximate surface area is 161 Å². The fraction of sp³-hybridized carbons (Fsp3) is 0.476. The van der Waals surface area contributed by atoms with Gasteiger partial charge in [-0.05, 0) is 69.9 Å². The average Bonchev–Trinajstić information content (AvgIpc) is 2.62. The molecule has 1 aliphatic rings. The van der Waals surface area contributed by atoms with Gasteiger partial charge in [0.25, 0.3) is 5.91 Å².